The lowest BCUT2D eigenvalue weighted by atomic mass is 10.1. The molecule has 132 valence electrons. The van der Waals surface area contributed by atoms with Gasteiger partial charge >= 0.3 is 0 Å². The SMILES string of the molecule is Cc1ccc(NC(=O)c2ccc(=O)n(Cc3ccc(Cl)cc3)c2)cc1C. The largest absolute Gasteiger partial charge is 0.322 e. The quantitative estimate of drug-likeness (QED) is 0.743. The van der Waals surface area contributed by atoms with E-state index in [4.69, 9.17) is 11.6 Å². The number of benzene rings is 2. The lowest BCUT2D eigenvalue weighted by Gasteiger charge is -2.10. The van der Waals surface area contributed by atoms with E-state index in [1.165, 1.54) is 22.3 Å². The van der Waals surface area contributed by atoms with E-state index in [-0.39, 0.29) is 11.5 Å². The van der Waals surface area contributed by atoms with Gasteiger partial charge in [-0.2, -0.15) is 0 Å². The van der Waals surface area contributed by atoms with Crippen molar-refractivity contribution >= 4 is 23.2 Å². The van der Waals surface area contributed by atoms with Crippen LogP contribution in [-0.2, 0) is 6.54 Å². The number of carbonyl (C=O) groups is 1. The fourth-order valence-corrected chi connectivity index (χ4v) is 2.72. The maximum absolute atomic E-state index is 12.5. The molecule has 0 saturated heterocycles. The van der Waals surface area contributed by atoms with Crippen LogP contribution in [0.3, 0.4) is 0 Å². The van der Waals surface area contributed by atoms with E-state index >= 15 is 0 Å². The van der Waals surface area contributed by atoms with Crippen LogP contribution in [0, 0.1) is 13.8 Å². The van der Waals surface area contributed by atoms with Crippen LogP contribution < -0.4 is 10.9 Å². The third kappa shape index (κ3) is 4.21. The number of hydrogen-bond donors (Lipinski definition) is 1. The van der Waals surface area contributed by atoms with Gasteiger partial charge in [-0.15, -0.1) is 0 Å². The summed E-state index contributed by atoms with van der Waals surface area (Å²) < 4.78 is 1.51. The molecule has 0 bridgehead atoms. The first kappa shape index (κ1) is 18.0. The number of anilines is 1. The van der Waals surface area contributed by atoms with E-state index in [1.807, 2.05) is 44.2 Å². The minimum absolute atomic E-state index is 0.164. The van der Waals surface area contributed by atoms with Crippen LogP contribution in [0.5, 0.6) is 0 Å². The maximum atomic E-state index is 12.5. The first-order valence-electron chi connectivity index (χ1n) is 8.26. The summed E-state index contributed by atoms with van der Waals surface area (Å²) >= 11 is 5.89. The van der Waals surface area contributed by atoms with Gasteiger partial charge in [-0.25, -0.2) is 0 Å². The summed E-state index contributed by atoms with van der Waals surface area (Å²) in [6, 6.07) is 16.0. The summed E-state index contributed by atoms with van der Waals surface area (Å²) in [5.41, 5.74) is 4.20. The molecule has 0 saturated carbocycles. The number of hydrogen-bond acceptors (Lipinski definition) is 2. The van der Waals surface area contributed by atoms with Gasteiger partial charge in [-0.1, -0.05) is 29.8 Å². The highest BCUT2D eigenvalue weighted by Crippen LogP contribution is 2.15. The molecule has 0 aliphatic rings. The molecule has 0 spiro atoms. The van der Waals surface area contributed by atoms with Crippen molar-refractivity contribution in [3.63, 3.8) is 0 Å². The Bertz CT molecular complexity index is 1010. The Hall–Kier alpha value is -2.85. The molecule has 4 nitrogen and oxygen atoms in total. The highest BCUT2D eigenvalue weighted by molar-refractivity contribution is 6.30. The van der Waals surface area contributed by atoms with Crippen LogP contribution in [0.25, 0.3) is 0 Å². The van der Waals surface area contributed by atoms with Gasteiger partial charge in [-0.05, 0) is 60.9 Å². The summed E-state index contributed by atoms with van der Waals surface area (Å²) in [7, 11) is 0. The summed E-state index contributed by atoms with van der Waals surface area (Å²) in [5, 5.41) is 3.51. The van der Waals surface area contributed by atoms with Crippen LogP contribution in [0.1, 0.15) is 27.0 Å². The van der Waals surface area contributed by atoms with Gasteiger partial charge in [0.05, 0.1) is 12.1 Å². The van der Waals surface area contributed by atoms with E-state index in [0.717, 1.165) is 16.8 Å². The van der Waals surface area contributed by atoms with Crippen molar-refractivity contribution in [3.05, 3.63) is 98.4 Å². The molecule has 26 heavy (non-hydrogen) atoms. The summed E-state index contributed by atoms with van der Waals surface area (Å²) in [6.45, 7) is 4.39. The molecule has 0 unspecified atom stereocenters. The monoisotopic (exact) mass is 366 g/mol. The number of nitrogens with zero attached hydrogens (tertiary/aromatic N) is 1. The van der Waals surface area contributed by atoms with Crippen LogP contribution in [-0.4, -0.2) is 10.5 Å². The number of halogens is 1. The van der Waals surface area contributed by atoms with E-state index in [0.29, 0.717) is 17.1 Å². The molecular formula is C21H19ClN2O2. The molecule has 3 rings (SSSR count). The molecule has 3 aromatic rings. The van der Waals surface area contributed by atoms with E-state index in [2.05, 4.69) is 5.32 Å². The summed E-state index contributed by atoms with van der Waals surface area (Å²) in [6.07, 6.45) is 1.58. The number of carbonyl (C=O) groups excluding carboxylic acids is 1. The maximum Gasteiger partial charge on any atom is 0.257 e. The molecule has 1 amide bonds. The van der Waals surface area contributed by atoms with Crippen LogP contribution >= 0.6 is 11.6 Å². The Morgan fingerprint density at radius 2 is 1.73 bits per heavy atom. The standard InChI is InChI=1S/C21H19ClN2O2/c1-14-3-9-19(11-15(14)2)23-21(26)17-6-10-20(25)24(13-17)12-16-4-7-18(22)8-5-16/h3-11,13H,12H2,1-2H3,(H,23,26). The molecule has 0 aliphatic heterocycles. The van der Waals surface area contributed by atoms with Crippen LogP contribution in [0.2, 0.25) is 5.02 Å². The molecule has 0 aliphatic carbocycles. The minimum atomic E-state index is -0.252. The summed E-state index contributed by atoms with van der Waals surface area (Å²) in [4.78, 5) is 24.6. The first-order chi connectivity index (χ1) is 12.4. The fourth-order valence-electron chi connectivity index (χ4n) is 2.60. The van der Waals surface area contributed by atoms with E-state index in [9.17, 15) is 9.59 Å². The zero-order valence-corrected chi connectivity index (χ0v) is 15.4. The third-order valence-corrected chi connectivity index (χ3v) is 4.53. The number of nitrogens with one attached hydrogen (secondary N) is 1. The molecule has 2 aromatic carbocycles. The van der Waals surface area contributed by atoms with E-state index in [1.54, 1.807) is 18.3 Å². The molecule has 0 fully saturated rings. The van der Waals surface area contributed by atoms with Crippen molar-refractivity contribution in [2.24, 2.45) is 0 Å². The number of amides is 1. The van der Waals surface area contributed by atoms with Gasteiger partial charge in [0.25, 0.3) is 11.5 Å². The first-order valence-corrected chi connectivity index (χ1v) is 8.64. The van der Waals surface area contributed by atoms with Gasteiger partial charge in [0.15, 0.2) is 0 Å². The van der Waals surface area contributed by atoms with Gasteiger partial charge in [0.1, 0.15) is 0 Å². The Balaban J connectivity index is 1.81. The second kappa shape index (κ2) is 7.58. The Labute approximate surface area is 157 Å². The highest BCUT2D eigenvalue weighted by atomic mass is 35.5. The third-order valence-electron chi connectivity index (χ3n) is 4.28. The number of rotatable bonds is 4. The van der Waals surface area contributed by atoms with Crippen molar-refractivity contribution in [1.82, 2.24) is 4.57 Å². The highest BCUT2D eigenvalue weighted by Gasteiger charge is 2.09. The van der Waals surface area contributed by atoms with Crippen LogP contribution in [0.4, 0.5) is 5.69 Å². The molecular weight excluding hydrogens is 348 g/mol. The normalized spacial score (nSPS) is 10.6. The second-order valence-corrected chi connectivity index (χ2v) is 6.70. The molecule has 1 aromatic heterocycles. The second-order valence-electron chi connectivity index (χ2n) is 6.26. The molecule has 5 heteroatoms. The number of aromatic nitrogens is 1. The van der Waals surface area contributed by atoms with E-state index < -0.39 is 0 Å². The molecule has 0 atom stereocenters. The zero-order valence-electron chi connectivity index (χ0n) is 14.6. The van der Waals surface area contributed by atoms with Crippen molar-refractivity contribution in [3.8, 4) is 0 Å². The lowest BCUT2D eigenvalue weighted by Crippen LogP contribution is -2.22. The predicted octanol–water partition coefficient (Wildman–Crippen LogP) is 4.42. The Morgan fingerprint density at radius 1 is 1.00 bits per heavy atom. The van der Waals surface area contributed by atoms with Gasteiger partial charge in [0, 0.05) is 23.0 Å². The lowest BCUT2D eigenvalue weighted by molar-refractivity contribution is 0.102. The topological polar surface area (TPSA) is 51.1 Å². The molecule has 1 N–H and O–H groups in total. The smallest absolute Gasteiger partial charge is 0.257 e. The van der Waals surface area contributed by atoms with Gasteiger partial charge in [0.2, 0.25) is 0 Å². The van der Waals surface area contributed by atoms with Crippen molar-refractivity contribution in [2.75, 3.05) is 5.32 Å². The number of aryl methyl sites for hydroxylation is 2. The summed E-state index contributed by atoms with van der Waals surface area (Å²) in [5.74, 6) is -0.252. The van der Waals surface area contributed by atoms with Gasteiger partial charge in [-0.3, -0.25) is 9.59 Å². The molecule has 1 heterocycles. The zero-order chi connectivity index (χ0) is 18.7. The van der Waals surface area contributed by atoms with Crippen LogP contribution in [0.15, 0.2) is 65.6 Å². The fraction of sp³-hybridized carbons (Fsp3) is 0.143. The Morgan fingerprint density at radius 3 is 2.42 bits per heavy atom. The van der Waals surface area contributed by atoms with Crippen molar-refractivity contribution in [2.45, 2.75) is 20.4 Å². The molecule has 0 radical (unpaired) electrons. The predicted molar refractivity (Wildman–Crippen MR) is 105 cm³/mol. The average Bonchev–Trinajstić information content (AvgIpc) is 2.62. The number of pyridine rings is 1. The van der Waals surface area contributed by atoms with Crippen molar-refractivity contribution in [1.29, 1.82) is 0 Å². The minimum Gasteiger partial charge on any atom is -0.322 e. The van der Waals surface area contributed by atoms with Crippen molar-refractivity contribution < 1.29 is 4.79 Å². The van der Waals surface area contributed by atoms with Gasteiger partial charge < -0.3 is 9.88 Å². The average molecular weight is 367 g/mol. The Kier molecular flexibility index (Phi) is 5.24.